The van der Waals surface area contributed by atoms with Crippen molar-refractivity contribution in [3.8, 4) is 11.5 Å². The lowest BCUT2D eigenvalue weighted by atomic mass is 10.2. The third-order valence-electron chi connectivity index (χ3n) is 3.90. The maximum absolute atomic E-state index is 6.43. The van der Waals surface area contributed by atoms with Crippen LogP contribution in [-0.2, 0) is 19.7 Å². The van der Waals surface area contributed by atoms with E-state index in [-0.39, 0.29) is 24.8 Å². The van der Waals surface area contributed by atoms with E-state index in [9.17, 15) is 0 Å². The zero-order chi connectivity index (χ0) is 18.2. The first kappa shape index (κ1) is 24.1. The zero-order valence-electron chi connectivity index (χ0n) is 15.4. The maximum Gasteiger partial charge on any atom is 0.180 e. The molecule has 28 heavy (non-hydrogen) atoms. The van der Waals surface area contributed by atoms with Crippen molar-refractivity contribution in [2.24, 2.45) is 0 Å². The highest BCUT2D eigenvalue weighted by atomic mass is 35.5. The molecule has 0 atom stereocenters. The van der Waals surface area contributed by atoms with Crippen LogP contribution < -0.4 is 14.8 Å². The standard InChI is InChI=1S/C21H21ClN2O2.2ClH/c1-25-20-11-18(14-24-13-17-8-5-9-23-12-17)10-19(22)21(20)26-15-16-6-3-2-4-7-16;;/h2-12,24H,13-15H2,1H3;2*1H. The number of pyridine rings is 1. The molecule has 1 heterocycles. The lowest BCUT2D eigenvalue weighted by Gasteiger charge is -2.15. The van der Waals surface area contributed by atoms with Gasteiger partial charge in [0, 0.05) is 25.5 Å². The summed E-state index contributed by atoms with van der Waals surface area (Å²) in [7, 11) is 1.62. The van der Waals surface area contributed by atoms with Gasteiger partial charge in [0.05, 0.1) is 12.1 Å². The molecule has 0 spiro atoms. The Kier molecular flexibility index (Phi) is 10.7. The number of hydrogen-bond acceptors (Lipinski definition) is 4. The second kappa shape index (κ2) is 12.5. The number of methoxy groups -OCH3 is 1. The van der Waals surface area contributed by atoms with Gasteiger partial charge in [0.1, 0.15) is 6.61 Å². The lowest BCUT2D eigenvalue weighted by Crippen LogP contribution is -2.13. The molecule has 1 N–H and O–H groups in total. The van der Waals surface area contributed by atoms with Crippen molar-refractivity contribution in [1.82, 2.24) is 10.3 Å². The maximum atomic E-state index is 6.43. The van der Waals surface area contributed by atoms with Gasteiger partial charge >= 0.3 is 0 Å². The van der Waals surface area contributed by atoms with Crippen molar-refractivity contribution in [2.45, 2.75) is 19.7 Å². The van der Waals surface area contributed by atoms with Crippen molar-refractivity contribution in [3.63, 3.8) is 0 Å². The highest BCUT2D eigenvalue weighted by Crippen LogP contribution is 2.37. The number of benzene rings is 2. The molecule has 0 fully saturated rings. The van der Waals surface area contributed by atoms with E-state index in [2.05, 4.69) is 10.3 Å². The molecular formula is C21H23Cl3N2O2. The minimum Gasteiger partial charge on any atom is -0.493 e. The molecule has 150 valence electrons. The predicted molar refractivity (Wildman–Crippen MR) is 118 cm³/mol. The van der Waals surface area contributed by atoms with Crippen LogP contribution in [0.5, 0.6) is 11.5 Å². The van der Waals surface area contributed by atoms with Crippen LogP contribution in [0.3, 0.4) is 0 Å². The summed E-state index contributed by atoms with van der Waals surface area (Å²) in [5, 5.41) is 3.92. The van der Waals surface area contributed by atoms with Crippen LogP contribution in [0.1, 0.15) is 16.7 Å². The summed E-state index contributed by atoms with van der Waals surface area (Å²) in [4.78, 5) is 4.11. The molecule has 0 aliphatic carbocycles. The largest absolute Gasteiger partial charge is 0.493 e. The van der Waals surface area contributed by atoms with Gasteiger partial charge in [-0.25, -0.2) is 0 Å². The fraction of sp³-hybridized carbons (Fsp3) is 0.190. The first-order valence-corrected chi connectivity index (χ1v) is 8.77. The fourth-order valence-corrected chi connectivity index (χ4v) is 2.89. The minimum absolute atomic E-state index is 0. The Labute approximate surface area is 183 Å². The highest BCUT2D eigenvalue weighted by Gasteiger charge is 2.12. The van der Waals surface area contributed by atoms with Gasteiger partial charge < -0.3 is 14.8 Å². The molecule has 3 rings (SSSR count). The van der Waals surface area contributed by atoms with E-state index in [1.54, 1.807) is 13.3 Å². The average molecular weight is 442 g/mol. The van der Waals surface area contributed by atoms with E-state index in [1.165, 1.54) is 0 Å². The predicted octanol–water partition coefficient (Wildman–Crippen LogP) is 5.46. The van der Waals surface area contributed by atoms with Gasteiger partial charge in [0.25, 0.3) is 0 Å². The molecule has 0 bridgehead atoms. The van der Waals surface area contributed by atoms with Crippen molar-refractivity contribution in [3.05, 3.63) is 88.7 Å². The summed E-state index contributed by atoms with van der Waals surface area (Å²) in [5.74, 6) is 1.20. The molecule has 7 heteroatoms. The SMILES string of the molecule is COc1cc(CNCc2cccnc2)cc(Cl)c1OCc1ccccc1.Cl.Cl. The first-order valence-electron chi connectivity index (χ1n) is 8.39. The van der Waals surface area contributed by atoms with E-state index in [0.29, 0.717) is 29.7 Å². The van der Waals surface area contributed by atoms with E-state index in [0.717, 1.165) is 23.2 Å². The van der Waals surface area contributed by atoms with Gasteiger partial charge in [0.15, 0.2) is 11.5 Å². The second-order valence-electron chi connectivity index (χ2n) is 5.85. The second-order valence-corrected chi connectivity index (χ2v) is 6.26. The van der Waals surface area contributed by atoms with Gasteiger partial charge in [-0.3, -0.25) is 4.98 Å². The molecular weight excluding hydrogens is 419 g/mol. The molecule has 0 aliphatic heterocycles. The van der Waals surface area contributed by atoms with Crippen molar-refractivity contribution < 1.29 is 9.47 Å². The number of aromatic nitrogens is 1. The van der Waals surface area contributed by atoms with Crippen LogP contribution in [0.25, 0.3) is 0 Å². The highest BCUT2D eigenvalue weighted by molar-refractivity contribution is 6.32. The Hall–Kier alpha value is -1.98. The Morgan fingerprint density at radius 1 is 0.929 bits per heavy atom. The normalized spacial score (nSPS) is 9.79. The Balaban J connectivity index is 0.00000196. The van der Waals surface area contributed by atoms with E-state index >= 15 is 0 Å². The summed E-state index contributed by atoms with van der Waals surface area (Å²) in [6, 6.07) is 17.8. The lowest BCUT2D eigenvalue weighted by molar-refractivity contribution is 0.284. The molecule has 3 aromatic rings. The summed E-state index contributed by atoms with van der Waals surface area (Å²) < 4.78 is 11.4. The van der Waals surface area contributed by atoms with Crippen LogP contribution >= 0.6 is 36.4 Å². The van der Waals surface area contributed by atoms with Crippen LogP contribution in [0, 0.1) is 0 Å². The summed E-state index contributed by atoms with van der Waals surface area (Å²) >= 11 is 6.43. The number of nitrogens with one attached hydrogen (secondary N) is 1. The quantitative estimate of drug-likeness (QED) is 0.504. The molecule has 1 aromatic heterocycles. The van der Waals surface area contributed by atoms with E-state index in [1.807, 2.05) is 60.8 Å². The minimum atomic E-state index is 0. The van der Waals surface area contributed by atoms with E-state index in [4.69, 9.17) is 21.1 Å². The van der Waals surface area contributed by atoms with E-state index < -0.39 is 0 Å². The Morgan fingerprint density at radius 2 is 1.64 bits per heavy atom. The summed E-state index contributed by atoms with van der Waals surface area (Å²) in [5.41, 5.74) is 3.24. The summed E-state index contributed by atoms with van der Waals surface area (Å²) in [6.45, 7) is 1.85. The molecule has 0 radical (unpaired) electrons. The Bertz CT molecular complexity index is 834. The molecule has 0 amide bonds. The smallest absolute Gasteiger partial charge is 0.180 e. The fourth-order valence-electron chi connectivity index (χ4n) is 2.60. The molecule has 0 saturated carbocycles. The molecule has 0 unspecified atom stereocenters. The topological polar surface area (TPSA) is 43.4 Å². The third-order valence-corrected chi connectivity index (χ3v) is 4.18. The summed E-state index contributed by atoms with van der Waals surface area (Å²) in [6.07, 6.45) is 3.61. The molecule has 0 aliphatic rings. The first-order chi connectivity index (χ1) is 12.8. The monoisotopic (exact) mass is 440 g/mol. The molecule has 2 aromatic carbocycles. The van der Waals surface area contributed by atoms with Gasteiger partial charge in [0.2, 0.25) is 0 Å². The van der Waals surface area contributed by atoms with Crippen LogP contribution in [0.2, 0.25) is 5.02 Å². The Morgan fingerprint density at radius 3 is 2.32 bits per heavy atom. The van der Waals surface area contributed by atoms with Gasteiger partial charge in [-0.1, -0.05) is 48.0 Å². The third kappa shape index (κ3) is 6.88. The zero-order valence-corrected chi connectivity index (χ0v) is 17.8. The number of nitrogens with zero attached hydrogens (tertiary/aromatic N) is 1. The van der Waals surface area contributed by atoms with Gasteiger partial charge in [-0.15, -0.1) is 24.8 Å². The van der Waals surface area contributed by atoms with Crippen LogP contribution in [0.15, 0.2) is 67.0 Å². The van der Waals surface area contributed by atoms with Crippen molar-refractivity contribution in [2.75, 3.05) is 7.11 Å². The van der Waals surface area contributed by atoms with Crippen LogP contribution in [0.4, 0.5) is 0 Å². The number of hydrogen-bond donors (Lipinski definition) is 1. The van der Waals surface area contributed by atoms with Crippen molar-refractivity contribution in [1.29, 1.82) is 0 Å². The number of rotatable bonds is 8. The number of halogens is 3. The number of ether oxygens (including phenoxy) is 2. The van der Waals surface area contributed by atoms with Gasteiger partial charge in [-0.2, -0.15) is 0 Å². The molecule has 4 nitrogen and oxygen atoms in total. The average Bonchev–Trinajstić information content (AvgIpc) is 2.68. The molecule has 0 saturated heterocycles. The van der Waals surface area contributed by atoms with Crippen LogP contribution in [-0.4, -0.2) is 12.1 Å². The van der Waals surface area contributed by atoms with Crippen molar-refractivity contribution >= 4 is 36.4 Å². The van der Waals surface area contributed by atoms with Gasteiger partial charge in [-0.05, 0) is 34.9 Å².